The minimum Gasteiger partial charge on any atom is -0.493 e. The van der Waals surface area contributed by atoms with E-state index in [2.05, 4.69) is 15.5 Å². The van der Waals surface area contributed by atoms with Gasteiger partial charge in [0.25, 0.3) is 5.91 Å². The zero-order valence-electron chi connectivity index (χ0n) is 15.3. The van der Waals surface area contributed by atoms with Crippen LogP contribution in [-0.4, -0.2) is 36.7 Å². The number of aromatic amines is 1. The van der Waals surface area contributed by atoms with Gasteiger partial charge in [0.1, 0.15) is 0 Å². The molecule has 0 saturated heterocycles. The van der Waals surface area contributed by atoms with Gasteiger partial charge in [0.05, 0.1) is 19.7 Å². The summed E-state index contributed by atoms with van der Waals surface area (Å²) in [7, 11) is 1.48. The molecular formula is C20H20N4O4. The first-order valence-electron chi connectivity index (χ1n) is 8.53. The fourth-order valence-corrected chi connectivity index (χ4v) is 2.70. The van der Waals surface area contributed by atoms with E-state index in [-0.39, 0.29) is 18.9 Å². The number of nitrogens with two attached hydrogens (primary N) is 1. The first kappa shape index (κ1) is 19.0. The van der Waals surface area contributed by atoms with E-state index in [0.717, 1.165) is 16.5 Å². The van der Waals surface area contributed by atoms with Crippen molar-refractivity contribution in [3.05, 3.63) is 59.8 Å². The Labute approximate surface area is 161 Å². The molecule has 0 aliphatic rings. The summed E-state index contributed by atoms with van der Waals surface area (Å²) in [5, 5.41) is 4.99. The van der Waals surface area contributed by atoms with Gasteiger partial charge in [0.15, 0.2) is 18.1 Å². The monoisotopic (exact) mass is 380 g/mol. The number of fused-ring (bicyclic) bond motifs is 1. The second kappa shape index (κ2) is 8.72. The van der Waals surface area contributed by atoms with Crippen LogP contribution < -0.4 is 20.6 Å². The van der Waals surface area contributed by atoms with Gasteiger partial charge in [-0.25, -0.2) is 5.43 Å². The van der Waals surface area contributed by atoms with Crippen LogP contribution in [0.15, 0.2) is 53.8 Å². The first-order valence-corrected chi connectivity index (χ1v) is 8.53. The van der Waals surface area contributed by atoms with Crippen LogP contribution in [0, 0.1) is 0 Å². The number of carbonyl (C=O) groups is 2. The first-order chi connectivity index (χ1) is 13.6. The van der Waals surface area contributed by atoms with Crippen LogP contribution in [0.4, 0.5) is 0 Å². The Morgan fingerprint density at radius 1 is 1.21 bits per heavy atom. The Bertz CT molecular complexity index is 1030. The normalized spacial score (nSPS) is 10.9. The van der Waals surface area contributed by atoms with Gasteiger partial charge >= 0.3 is 0 Å². The van der Waals surface area contributed by atoms with E-state index in [9.17, 15) is 9.59 Å². The molecule has 1 heterocycles. The predicted octanol–water partition coefficient (Wildman–Crippen LogP) is 1.73. The maximum atomic E-state index is 12.1. The summed E-state index contributed by atoms with van der Waals surface area (Å²) in [5.74, 6) is 0.0112. The molecule has 1 aromatic heterocycles. The van der Waals surface area contributed by atoms with Crippen molar-refractivity contribution in [3.63, 3.8) is 0 Å². The Kier molecular flexibility index (Phi) is 5.91. The van der Waals surface area contributed by atoms with Gasteiger partial charge in [-0.3, -0.25) is 9.59 Å². The highest BCUT2D eigenvalue weighted by atomic mass is 16.5. The number of nitrogens with one attached hydrogen (secondary N) is 2. The van der Waals surface area contributed by atoms with Crippen molar-refractivity contribution in [1.82, 2.24) is 10.4 Å². The van der Waals surface area contributed by atoms with E-state index in [0.29, 0.717) is 17.1 Å². The number of carbonyl (C=O) groups excluding carboxylic acids is 2. The molecular weight excluding hydrogens is 360 g/mol. The molecule has 144 valence electrons. The lowest BCUT2D eigenvalue weighted by molar-refractivity contribution is -0.121. The number of methoxy groups -OCH3 is 1. The molecule has 2 aromatic carbocycles. The second-order valence-corrected chi connectivity index (χ2v) is 5.99. The lowest BCUT2D eigenvalue weighted by Crippen LogP contribution is -2.20. The van der Waals surface area contributed by atoms with E-state index >= 15 is 0 Å². The van der Waals surface area contributed by atoms with Gasteiger partial charge in [-0.05, 0) is 35.4 Å². The number of hydrogen-bond acceptors (Lipinski definition) is 5. The van der Waals surface area contributed by atoms with Crippen LogP contribution in [0.2, 0.25) is 0 Å². The third-order valence-electron chi connectivity index (χ3n) is 3.99. The van der Waals surface area contributed by atoms with Gasteiger partial charge in [0.2, 0.25) is 5.91 Å². The highest BCUT2D eigenvalue weighted by Gasteiger charge is 2.08. The molecule has 4 N–H and O–H groups in total. The lowest BCUT2D eigenvalue weighted by atomic mass is 10.1. The van der Waals surface area contributed by atoms with E-state index in [1.165, 1.54) is 13.3 Å². The quantitative estimate of drug-likeness (QED) is 0.407. The highest BCUT2D eigenvalue weighted by molar-refractivity contribution is 5.89. The molecule has 0 atom stereocenters. The van der Waals surface area contributed by atoms with Crippen molar-refractivity contribution in [2.75, 3.05) is 13.7 Å². The molecule has 0 unspecified atom stereocenters. The number of amides is 2. The van der Waals surface area contributed by atoms with Gasteiger partial charge in [-0.2, -0.15) is 5.10 Å². The fraction of sp³-hybridized carbons (Fsp3) is 0.150. The van der Waals surface area contributed by atoms with Crippen LogP contribution in [0.5, 0.6) is 11.5 Å². The number of hydrazone groups is 1. The lowest BCUT2D eigenvalue weighted by Gasteiger charge is -2.09. The maximum absolute atomic E-state index is 12.1. The van der Waals surface area contributed by atoms with E-state index in [4.69, 9.17) is 15.2 Å². The minimum atomic E-state index is -0.578. The summed E-state index contributed by atoms with van der Waals surface area (Å²) in [6, 6.07) is 12.8. The van der Waals surface area contributed by atoms with Crippen molar-refractivity contribution in [2.24, 2.45) is 10.8 Å². The maximum Gasteiger partial charge on any atom is 0.255 e. The topological polar surface area (TPSA) is 119 Å². The molecule has 0 spiro atoms. The summed E-state index contributed by atoms with van der Waals surface area (Å²) in [5.41, 5.74) is 10.2. The molecule has 3 rings (SSSR count). The highest BCUT2D eigenvalue weighted by Crippen LogP contribution is 2.27. The Hall–Kier alpha value is -3.81. The molecule has 8 heteroatoms. The smallest absolute Gasteiger partial charge is 0.255 e. The average molecular weight is 380 g/mol. The SMILES string of the molecule is COc1cc(/C=N/NC(=O)Cc2c[nH]c3ccccc23)ccc1OCC(N)=O. The van der Waals surface area contributed by atoms with Gasteiger partial charge in [0, 0.05) is 17.1 Å². The molecule has 0 fully saturated rings. The number of aromatic nitrogens is 1. The van der Waals surface area contributed by atoms with E-state index in [1.54, 1.807) is 18.2 Å². The molecule has 0 radical (unpaired) electrons. The van der Waals surface area contributed by atoms with Crippen LogP contribution in [-0.2, 0) is 16.0 Å². The Balaban J connectivity index is 1.60. The number of primary amides is 1. The van der Waals surface area contributed by atoms with Gasteiger partial charge < -0.3 is 20.2 Å². The van der Waals surface area contributed by atoms with Crippen LogP contribution in [0.25, 0.3) is 10.9 Å². The molecule has 0 saturated carbocycles. The zero-order chi connectivity index (χ0) is 19.9. The van der Waals surface area contributed by atoms with E-state index < -0.39 is 5.91 Å². The van der Waals surface area contributed by atoms with Crippen LogP contribution in [0.1, 0.15) is 11.1 Å². The van der Waals surface area contributed by atoms with Crippen LogP contribution >= 0.6 is 0 Å². The number of hydrogen-bond donors (Lipinski definition) is 3. The molecule has 8 nitrogen and oxygen atoms in total. The molecule has 28 heavy (non-hydrogen) atoms. The summed E-state index contributed by atoms with van der Waals surface area (Å²) < 4.78 is 10.5. The van der Waals surface area contributed by atoms with Crippen molar-refractivity contribution in [1.29, 1.82) is 0 Å². The molecule has 0 aliphatic carbocycles. The third kappa shape index (κ3) is 4.67. The van der Waals surface area contributed by atoms with Crippen molar-refractivity contribution in [2.45, 2.75) is 6.42 Å². The number of benzene rings is 2. The average Bonchev–Trinajstić information content (AvgIpc) is 3.09. The molecule has 0 aliphatic heterocycles. The van der Waals surface area contributed by atoms with Crippen molar-refractivity contribution >= 4 is 28.9 Å². The van der Waals surface area contributed by atoms with E-state index in [1.807, 2.05) is 30.5 Å². The van der Waals surface area contributed by atoms with Crippen LogP contribution in [0.3, 0.4) is 0 Å². The third-order valence-corrected chi connectivity index (χ3v) is 3.99. The minimum absolute atomic E-state index is 0.213. The standard InChI is InChI=1S/C20H20N4O4/c1-27-18-8-13(6-7-17(18)28-12-19(21)25)10-23-24-20(26)9-14-11-22-16-5-3-2-4-15(14)16/h2-8,10-11,22H,9,12H2,1H3,(H2,21,25)(H,24,26)/b23-10+. The van der Waals surface area contributed by atoms with Gasteiger partial charge in [-0.1, -0.05) is 18.2 Å². The fourth-order valence-electron chi connectivity index (χ4n) is 2.70. The molecule has 3 aromatic rings. The zero-order valence-corrected chi connectivity index (χ0v) is 15.3. The summed E-state index contributed by atoms with van der Waals surface area (Å²) in [6.07, 6.45) is 3.53. The number of rotatable bonds is 8. The Morgan fingerprint density at radius 3 is 2.82 bits per heavy atom. The largest absolute Gasteiger partial charge is 0.493 e. The summed E-state index contributed by atoms with van der Waals surface area (Å²) in [4.78, 5) is 26.1. The molecule has 2 amide bonds. The summed E-state index contributed by atoms with van der Waals surface area (Å²) >= 11 is 0. The number of ether oxygens (including phenoxy) is 2. The van der Waals surface area contributed by atoms with Gasteiger partial charge in [-0.15, -0.1) is 0 Å². The number of H-pyrrole nitrogens is 1. The predicted molar refractivity (Wildman–Crippen MR) is 105 cm³/mol. The number of para-hydroxylation sites is 1. The Morgan fingerprint density at radius 2 is 2.04 bits per heavy atom. The molecule has 0 bridgehead atoms. The second-order valence-electron chi connectivity index (χ2n) is 5.99. The summed E-state index contributed by atoms with van der Waals surface area (Å²) in [6.45, 7) is -0.242. The number of nitrogens with zero attached hydrogens (tertiary/aromatic N) is 1. The van der Waals surface area contributed by atoms with Crippen molar-refractivity contribution < 1.29 is 19.1 Å². The van der Waals surface area contributed by atoms with Crippen molar-refractivity contribution in [3.8, 4) is 11.5 Å².